The first-order chi connectivity index (χ1) is 9.15. The zero-order chi connectivity index (χ0) is 14.4. The third-order valence-electron chi connectivity index (χ3n) is 3.35. The van der Waals surface area contributed by atoms with Gasteiger partial charge in [0, 0.05) is 11.7 Å². The summed E-state index contributed by atoms with van der Waals surface area (Å²) in [6, 6.07) is 8.34. The van der Waals surface area contributed by atoms with Crippen molar-refractivity contribution in [1.29, 1.82) is 0 Å². The van der Waals surface area contributed by atoms with Crippen LogP contribution >= 0.6 is 0 Å². The van der Waals surface area contributed by atoms with Crippen LogP contribution in [0.3, 0.4) is 0 Å². The SMILES string of the molecule is CC.CNC1CCc2ccccc2N(C(C)C)C1=O. The number of benzene rings is 1. The van der Waals surface area contributed by atoms with Crippen LogP contribution in [-0.2, 0) is 11.2 Å². The van der Waals surface area contributed by atoms with Crippen LogP contribution in [0.15, 0.2) is 24.3 Å². The first kappa shape index (κ1) is 15.7. The average molecular weight is 262 g/mol. The van der Waals surface area contributed by atoms with Crippen molar-refractivity contribution >= 4 is 11.6 Å². The van der Waals surface area contributed by atoms with Gasteiger partial charge in [-0.25, -0.2) is 0 Å². The van der Waals surface area contributed by atoms with E-state index in [1.807, 2.05) is 44.0 Å². The predicted molar refractivity (Wildman–Crippen MR) is 81.6 cm³/mol. The molecule has 0 bridgehead atoms. The Kier molecular flexibility index (Phi) is 6.03. The summed E-state index contributed by atoms with van der Waals surface area (Å²) in [7, 11) is 1.86. The van der Waals surface area contributed by atoms with E-state index in [0.717, 1.165) is 18.5 Å². The molecule has 0 aliphatic carbocycles. The van der Waals surface area contributed by atoms with E-state index in [2.05, 4.69) is 25.2 Å². The average Bonchev–Trinajstić information content (AvgIpc) is 2.56. The van der Waals surface area contributed by atoms with Crippen LogP contribution in [0.1, 0.15) is 39.7 Å². The van der Waals surface area contributed by atoms with Crippen molar-refractivity contribution in [3.8, 4) is 0 Å². The van der Waals surface area contributed by atoms with E-state index in [4.69, 9.17) is 0 Å². The minimum atomic E-state index is -0.0650. The molecule has 1 aromatic rings. The van der Waals surface area contributed by atoms with Crippen LogP contribution in [0.25, 0.3) is 0 Å². The molecule has 1 N–H and O–H groups in total. The van der Waals surface area contributed by atoms with Gasteiger partial charge in [-0.2, -0.15) is 0 Å². The summed E-state index contributed by atoms with van der Waals surface area (Å²) in [6.45, 7) is 8.12. The lowest BCUT2D eigenvalue weighted by Crippen LogP contribution is -2.47. The number of aryl methyl sites for hydroxylation is 1. The molecule has 1 heterocycles. The molecule has 0 fully saturated rings. The number of carbonyl (C=O) groups is 1. The van der Waals surface area contributed by atoms with Crippen LogP contribution in [0.5, 0.6) is 0 Å². The molecule has 1 amide bonds. The second-order valence-corrected chi connectivity index (χ2v) is 4.81. The van der Waals surface area contributed by atoms with Gasteiger partial charge in [-0.15, -0.1) is 0 Å². The van der Waals surface area contributed by atoms with Crippen LogP contribution in [0.2, 0.25) is 0 Å². The molecule has 1 atom stereocenters. The third kappa shape index (κ3) is 3.35. The van der Waals surface area contributed by atoms with Crippen LogP contribution in [-0.4, -0.2) is 25.0 Å². The Morgan fingerprint density at radius 2 is 1.89 bits per heavy atom. The maximum absolute atomic E-state index is 12.4. The monoisotopic (exact) mass is 262 g/mol. The Labute approximate surface area is 117 Å². The molecule has 106 valence electrons. The number of hydrogen-bond acceptors (Lipinski definition) is 2. The third-order valence-corrected chi connectivity index (χ3v) is 3.35. The van der Waals surface area contributed by atoms with Crippen molar-refractivity contribution in [2.24, 2.45) is 0 Å². The van der Waals surface area contributed by atoms with Gasteiger partial charge in [0.05, 0.1) is 6.04 Å². The van der Waals surface area contributed by atoms with Crippen molar-refractivity contribution in [2.45, 2.75) is 52.6 Å². The first-order valence-corrected chi connectivity index (χ1v) is 7.23. The number of rotatable bonds is 2. The van der Waals surface area contributed by atoms with Gasteiger partial charge < -0.3 is 10.2 Å². The smallest absolute Gasteiger partial charge is 0.244 e. The molecular weight excluding hydrogens is 236 g/mol. The van der Waals surface area contributed by atoms with Gasteiger partial charge in [0.1, 0.15) is 0 Å². The number of nitrogens with one attached hydrogen (secondary N) is 1. The fourth-order valence-corrected chi connectivity index (χ4v) is 2.47. The zero-order valence-electron chi connectivity index (χ0n) is 12.7. The fourth-order valence-electron chi connectivity index (χ4n) is 2.47. The summed E-state index contributed by atoms with van der Waals surface area (Å²) in [4.78, 5) is 14.4. The van der Waals surface area contributed by atoms with Crippen molar-refractivity contribution in [2.75, 3.05) is 11.9 Å². The van der Waals surface area contributed by atoms with Gasteiger partial charge in [-0.05, 0) is 45.4 Å². The fraction of sp³-hybridized carbons (Fsp3) is 0.562. The van der Waals surface area contributed by atoms with E-state index in [-0.39, 0.29) is 18.0 Å². The number of amides is 1. The molecule has 0 saturated carbocycles. The largest absolute Gasteiger partial charge is 0.309 e. The minimum Gasteiger partial charge on any atom is -0.309 e. The maximum Gasteiger partial charge on any atom is 0.244 e. The second-order valence-electron chi connectivity index (χ2n) is 4.81. The van der Waals surface area contributed by atoms with Gasteiger partial charge >= 0.3 is 0 Å². The lowest BCUT2D eigenvalue weighted by molar-refractivity contribution is -0.120. The second kappa shape index (κ2) is 7.29. The van der Waals surface area contributed by atoms with E-state index in [1.54, 1.807) is 0 Å². The van der Waals surface area contributed by atoms with Gasteiger partial charge in [-0.3, -0.25) is 4.79 Å². The number of anilines is 1. The Bertz CT molecular complexity index is 415. The molecule has 0 spiro atoms. The minimum absolute atomic E-state index is 0.0650. The quantitative estimate of drug-likeness (QED) is 0.888. The molecular formula is C16H26N2O. The molecule has 0 aromatic heterocycles. The number of nitrogens with zero attached hydrogens (tertiary/aromatic N) is 1. The molecule has 3 heteroatoms. The lowest BCUT2D eigenvalue weighted by Gasteiger charge is -2.29. The summed E-state index contributed by atoms with van der Waals surface area (Å²) in [6.07, 6.45) is 1.83. The predicted octanol–water partition coefficient (Wildman–Crippen LogP) is 2.99. The highest BCUT2D eigenvalue weighted by Gasteiger charge is 2.30. The van der Waals surface area contributed by atoms with E-state index < -0.39 is 0 Å². The highest BCUT2D eigenvalue weighted by atomic mass is 16.2. The molecule has 0 saturated heterocycles. The number of carbonyl (C=O) groups excluding carboxylic acids is 1. The van der Waals surface area contributed by atoms with Gasteiger partial charge in [0.2, 0.25) is 5.91 Å². The van der Waals surface area contributed by atoms with Crippen molar-refractivity contribution < 1.29 is 4.79 Å². The Balaban J connectivity index is 0.000000861. The first-order valence-electron chi connectivity index (χ1n) is 7.23. The Hall–Kier alpha value is -1.35. The van der Waals surface area contributed by atoms with E-state index >= 15 is 0 Å². The number of para-hydroxylation sites is 1. The summed E-state index contributed by atoms with van der Waals surface area (Å²) in [5, 5.41) is 3.12. The van der Waals surface area contributed by atoms with Gasteiger partial charge in [-0.1, -0.05) is 32.0 Å². The molecule has 0 radical (unpaired) electrons. The van der Waals surface area contributed by atoms with Crippen LogP contribution in [0.4, 0.5) is 5.69 Å². The molecule has 3 nitrogen and oxygen atoms in total. The highest BCUT2D eigenvalue weighted by Crippen LogP contribution is 2.28. The molecule has 19 heavy (non-hydrogen) atoms. The summed E-state index contributed by atoms with van der Waals surface area (Å²) >= 11 is 0. The topological polar surface area (TPSA) is 32.3 Å². The van der Waals surface area contributed by atoms with Gasteiger partial charge in [0.25, 0.3) is 0 Å². The molecule has 2 rings (SSSR count). The number of likely N-dealkylation sites (N-methyl/N-ethyl adjacent to an activating group) is 1. The van der Waals surface area contributed by atoms with E-state index in [9.17, 15) is 4.79 Å². The summed E-state index contributed by atoms with van der Waals surface area (Å²) in [5.74, 6) is 0.187. The standard InChI is InChI=1S/C14H20N2O.C2H6/c1-10(2)16-13-7-5-4-6-11(13)8-9-12(15-3)14(16)17;1-2/h4-7,10,12,15H,8-9H2,1-3H3;1-2H3. The van der Waals surface area contributed by atoms with E-state index in [1.165, 1.54) is 5.56 Å². The summed E-state index contributed by atoms with van der Waals surface area (Å²) < 4.78 is 0. The molecule has 1 aromatic carbocycles. The number of hydrogen-bond donors (Lipinski definition) is 1. The maximum atomic E-state index is 12.4. The normalized spacial score (nSPS) is 18.5. The van der Waals surface area contributed by atoms with Crippen molar-refractivity contribution in [3.05, 3.63) is 29.8 Å². The molecule has 1 aliphatic rings. The van der Waals surface area contributed by atoms with Crippen LogP contribution in [0, 0.1) is 0 Å². The Morgan fingerprint density at radius 1 is 1.26 bits per heavy atom. The molecule has 1 unspecified atom stereocenters. The van der Waals surface area contributed by atoms with Crippen LogP contribution < -0.4 is 10.2 Å². The zero-order valence-corrected chi connectivity index (χ0v) is 12.7. The molecule has 1 aliphatic heterocycles. The number of fused-ring (bicyclic) bond motifs is 1. The lowest BCUT2D eigenvalue weighted by atomic mass is 10.1. The van der Waals surface area contributed by atoms with Crippen molar-refractivity contribution in [3.63, 3.8) is 0 Å². The van der Waals surface area contributed by atoms with Crippen molar-refractivity contribution in [1.82, 2.24) is 5.32 Å². The van der Waals surface area contributed by atoms with Gasteiger partial charge in [0.15, 0.2) is 0 Å². The van der Waals surface area contributed by atoms with E-state index in [0.29, 0.717) is 0 Å². The Morgan fingerprint density at radius 3 is 2.47 bits per heavy atom. The summed E-state index contributed by atoms with van der Waals surface area (Å²) in [5.41, 5.74) is 2.34. The highest BCUT2D eigenvalue weighted by molar-refractivity contribution is 5.99.